The summed E-state index contributed by atoms with van der Waals surface area (Å²) >= 11 is 9.71. The van der Waals surface area contributed by atoms with Crippen LogP contribution in [0.25, 0.3) is 5.70 Å². The third kappa shape index (κ3) is 4.15. The second kappa shape index (κ2) is 6.96. The minimum atomic E-state index is -0.473. The number of carbonyl (C=O) groups excluding carboxylic acids is 1. The van der Waals surface area contributed by atoms with Gasteiger partial charge in [-0.25, -0.2) is 4.79 Å². The molecular weight excluding hydrogens is 408 g/mol. The highest BCUT2D eigenvalue weighted by atomic mass is 79.9. The Morgan fingerprint density at radius 2 is 1.92 bits per heavy atom. The monoisotopic (exact) mass is 428 g/mol. The van der Waals surface area contributed by atoms with Gasteiger partial charge in [-0.3, -0.25) is 0 Å². The van der Waals surface area contributed by atoms with E-state index in [4.69, 9.17) is 16.3 Å². The maximum atomic E-state index is 12.2. The number of rotatable bonds is 1. The highest BCUT2D eigenvalue weighted by molar-refractivity contribution is 9.10. The van der Waals surface area contributed by atoms with E-state index in [2.05, 4.69) is 31.7 Å². The highest BCUT2D eigenvalue weighted by Crippen LogP contribution is 2.36. The van der Waals surface area contributed by atoms with Crippen LogP contribution in [0.5, 0.6) is 0 Å². The number of amides is 1. The summed E-state index contributed by atoms with van der Waals surface area (Å²) in [5.74, 6) is 0. The van der Waals surface area contributed by atoms with E-state index >= 15 is 0 Å². The molecule has 0 spiro atoms. The molecule has 2 N–H and O–H groups in total. The third-order valence-electron chi connectivity index (χ3n) is 4.02. The molecule has 2 heterocycles. The van der Waals surface area contributed by atoms with Gasteiger partial charge in [-0.2, -0.15) is 0 Å². The molecule has 6 nitrogen and oxygen atoms in total. The van der Waals surface area contributed by atoms with Crippen LogP contribution in [-0.2, 0) is 4.74 Å². The molecule has 0 saturated carbocycles. The first-order valence-corrected chi connectivity index (χ1v) is 9.36. The molecule has 0 unspecified atom stereocenters. The Labute approximate surface area is 161 Å². The average molecular weight is 430 g/mol. The number of nitrogens with one attached hydrogen (secondary N) is 2. The Morgan fingerprint density at radius 1 is 1.24 bits per heavy atom. The molecule has 25 heavy (non-hydrogen) atoms. The van der Waals surface area contributed by atoms with Gasteiger partial charge in [0, 0.05) is 42.4 Å². The predicted octanol–water partition coefficient (Wildman–Crippen LogP) is 3.88. The quantitative estimate of drug-likeness (QED) is 0.709. The Kier molecular flexibility index (Phi) is 5.06. The predicted molar refractivity (Wildman–Crippen MR) is 103 cm³/mol. The fourth-order valence-electron chi connectivity index (χ4n) is 2.84. The number of anilines is 1. The number of hydrogen-bond acceptors (Lipinski definition) is 5. The molecule has 1 amide bonds. The smallest absolute Gasteiger partial charge is 0.410 e. The molecule has 1 saturated heterocycles. The minimum absolute atomic E-state index is 0.253. The van der Waals surface area contributed by atoms with Crippen molar-refractivity contribution in [1.29, 1.82) is 0 Å². The van der Waals surface area contributed by atoms with Crippen LogP contribution in [0.2, 0.25) is 5.02 Å². The number of hydrazine groups is 1. The van der Waals surface area contributed by atoms with E-state index in [9.17, 15) is 4.79 Å². The number of ether oxygens (including phenoxy) is 1. The van der Waals surface area contributed by atoms with Gasteiger partial charge in [0.05, 0.1) is 16.4 Å². The standard InChI is InChI=1S/C17H22BrClN4O2/c1-17(2,3)25-16(24)23-6-4-22(5-7-23)15-10-20-21-14-9-12(18)13(19)8-11(14)15/h8-10,20-21H,4-7H2,1-3H3. The first-order chi connectivity index (χ1) is 11.7. The van der Waals surface area contributed by atoms with Gasteiger partial charge in [0.2, 0.25) is 0 Å². The molecule has 1 aromatic rings. The summed E-state index contributed by atoms with van der Waals surface area (Å²) in [6.45, 7) is 8.36. The minimum Gasteiger partial charge on any atom is -0.444 e. The second-order valence-electron chi connectivity index (χ2n) is 7.07. The summed E-state index contributed by atoms with van der Waals surface area (Å²) in [5, 5.41) is 0.667. The van der Waals surface area contributed by atoms with Crippen LogP contribution in [-0.4, -0.2) is 47.7 Å². The van der Waals surface area contributed by atoms with Crippen LogP contribution in [0, 0.1) is 0 Å². The van der Waals surface area contributed by atoms with Crippen molar-refractivity contribution < 1.29 is 9.53 Å². The summed E-state index contributed by atoms with van der Waals surface area (Å²) in [4.78, 5) is 16.2. The molecule has 8 heteroatoms. The zero-order chi connectivity index (χ0) is 18.2. The lowest BCUT2D eigenvalue weighted by atomic mass is 10.1. The number of fused-ring (bicyclic) bond motifs is 1. The largest absolute Gasteiger partial charge is 0.444 e. The molecule has 0 radical (unpaired) electrons. The van der Waals surface area contributed by atoms with Crippen LogP contribution >= 0.6 is 27.5 Å². The van der Waals surface area contributed by atoms with E-state index in [0.29, 0.717) is 18.1 Å². The zero-order valence-electron chi connectivity index (χ0n) is 14.5. The summed E-state index contributed by atoms with van der Waals surface area (Å²) in [5.41, 5.74) is 8.79. The van der Waals surface area contributed by atoms with E-state index in [1.807, 2.05) is 39.1 Å². The van der Waals surface area contributed by atoms with Gasteiger partial charge in [0.15, 0.2) is 0 Å². The van der Waals surface area contributed by atoms with Crippen molar-refractivity contribution in [3.8, 4) is 0 Å². The van der Waals surface area contributed by atoms with Crippen molar-refractivity contribution >= 4 is 45.0 Å². The molecule has 3 rings (SSSR count). The van der Waals surface area contributed by atoms with Crippen LogP contribution < -0.4 is 10.9 Å². The summed E-state index contributed by atoms with van der Waals surface area (Å²) in [6, 6.07) is 3.90. The van der Waals surface area contributed by atoms with E-state index in [1.165, 1.54) is 0 Å². The van der Waals surface area contributed by atoms with Crippen LogP contribution in [0.15, 0.2) is 22.8 Å². The molecule has 0 aliphatic carbocycles. The van der Waals surface area contributed by atoms with Gasteiger partial charge >= 0.3 is 6.09 Å². The lowest BCUT2D eigenvalue weighted by Gasteiger charge is -2.39. The van der Waals surface area contributed by atoms with Crippen molar-refractivity contribution in [3.05, 3.63) is 33.4 Å². The Morgan fingerprint density at radius 3 is 2.56 bits per heavy atom. The van der Waals surface area contributed by atoms with E-state index in [0.717, 1.165) is 34.5 Å². The Balaban J connectivity index is 1.69. The molecule has 136 valence electrons. The van der Waals surface area contributed by atoms with E-state index in [1.54, 1.807) is 4.90 Å². The lowest BCUT2D eigenvalue weighted by Crippen LogP contribution is -2.49. The third-order valence-corrected chi connectivity index (χ3v) is 5.22. The number of halogens is 2. The SMILES string of the molecule is CC(C)(C)OC(=O)N1CCN(C2=CNNc3cc(Br)c(Cl)cc32)CC1. The molecule has 0 aromatic heterocycles. The first kappa shape index (κ1) is 18.2. The normalized spacial score (nSPS) is 17.2. The lowest BCUT2D eigenvalue weighted by molar-refractivity contribution is 0.0182. The fourth-order valence-corrected chi connectivity index (χ4v) is 3.35. The van der Waals surface area contributed by atoms with Crippen LogP contribution in [0.3, 0.4) is 0 Å². The maximum absolute atomic E-state index is 12.2. The van der Waals surface area contributed by atoms with Crippen LogP contribution in [0.1, 0.15) is 26.3 Å². The van der Waals surface area contributed by atoms with Gasteiger partial charge in [-0.05, 0) is 48.8 Å². The summed E-state index contributed by atoms with van der Waals surface area (Å²) in [7, 11) is 0. The van der Waals surface area contributed by atoms with Crippen molar-refractivity contribution in [2.45, 2.75) is 26.4 Å². The molecule has 1 aromatic carbocycles. The maximum Gasteiger partial charge on any atom is 0.410 e. The molecular formula is C17H22BrClN4O2. The molecule has 0 bridgehead atoms. The van der Waals surface area contributed by atoms with Crippen LogP contribution in [0.4, 0.5) is 10.5 Å². The Hall–Kier alpha value is -1.60. The summed E-state index contributed by atoms with van der Waals surface area (Å²) < 4.78 is 6.30. The van der Waals surface area contributed by atoms with Crippen molar-refractivity contribution in [2.24, 2.45) is 0 Å². The number of hydrogen-bond donors (Lipinski definition) is 2. The second-order valence-corrected chi connectivity index (χ2v) is 8.33. The number of nitrogens with zero attached hydrogens (tertiary/aromatic N) is 2. The van der Waals surface area contributed by atoms with Crippen molar-refractivity contribution in [1.82, 2.24) is 15.2 Å². The molecule has 0 atom stereocenters. The molecule has 2 aliphatic heterocycles. The number of benzene rings is 1. The zero-order valence-corrected chi connectivity index (χ0v) is 16.9. The van der Waals surface area contributed by atoms with Gasteiger partial charge in [0.1, 0.15) is 5.60 Å². The number of carbonyl (C=O) groups is 1. The van der Waals surface area contributed by atoms with Crippen molar-refractivity contribution in [2.75, 3.05) is 31.6 Å². The summed E-state index contributed by atoms with van der Waals surface area (Å²) in [6.07, 6.45) is 1.67. The van der Waals surface area contributed by atoms with Gasteiger partial charge in [-0.1, -0.05) is 11.6 Å². The topological polar surface area (TPSA) is 56.8 Å². The fraction of sp³-hybridized carbons (Fsp3) is 0.471. The molecule has 2 aliphatic rings. The first-order valence-electron chi connectivity index (χ1n) is 8.18. The average Bonchev–Trinajstić information content (AvgIpc) is 2.54. The van der Waals surface area contributed by atoms with E-state index < -0.39 is 5.60 Å². The van der Waals surface area contributed by atoms with Gasteiger partial charge < -0.3 is 25.4 Å². The highest BCUT2D eigenvalue weighted by Gasteiger charge is 2.28. The number of piperazine rings is 1. The molecule has 1 fully saturated rings. The van der Waals surface area contributed by atoms with Crippen molar-refractivity contribution in [3.63, 3.8) is 0 Å². The Bertz CT molecular complexity index is 709. The van der Waals surface area contributed by atoms with Gasteiger partial charge in [0.25, 0.3) is 0 Å². The van der Waals surface area contributed by atoms with E-state index in [-0.39, 0.29) is 6.09 Å². The van der Waals surface area contributed by atoms with Gasteiger partial charge in [-0.15, -0.1) is 0 Å².